The Kier molecular flexibility index (Phi) is 7.08. The topological polar surface area (TPSA) is 62.7 Å². The highest BCUT2D eigenvalue weighted by molar-refractivity contribution is 5.84. The zero-order valence-corrected chi connectivity index (χ0v) is 19.4. The third-order valence-corrected chi connectivity index (χ3v) is 6.96. The number of aromatic nitrogens is 1. The number of rotatable bonds is 6. The number of likely N-dealkylation sites (tertiary alicyclic amines) is 2. The van der Waals surface area contributed by atoms with Crippen LogP contribution in [0.15, 0.2) is 42.5 Å². The van der Waals surface area contributed by atoms with E-state index in [1.165, 1.54) is 19.2 Å². The summed E-state index contributed by atoms with van der Waals surface area (Å²) in [5, 5.41) is 0. The van der Waals surface area contributed by atoms with E-state index in [2.05, 4.69) is 0 Å². The highest BCUT2D eigenvalue weighted by atomic mass is 19.1. The van der Waals surface area contributed by atoms with E-state index in [9.17, 15) is 14.0 Å². The second kappa shape index (κ2) is 10.00. The van der Waals surface area contributed by atoms with Gasteiger partial charge in [0.15, 0.2) is 0 Å². The number of nitrogens with zero attached hydrogens (tertiary/aromatic N) is 3. The zero-order chi connectivity index (χ0) is 23.4. The number of hydrogen-bond donors (Lipinski definition) is 0. The van der Waals surface area contributed by atoms with Crippen molar-refractivity contribution < 1.29 is 18.7 Å². The Balaban J connectivity index is 1.45. The van der Waals surface area contributed by atoms with E-state index in [4.69, 9.17) is 9.72 Å². The molecule has 6 nitrogen and oxygen atoms in total. The number of methoxy groups -OCH3 is 1. The molecule has 0 N–H and O–H groups in total. The summed E-state index contributed by atoms with van der Waals surface area (Å²) >= 11 is 0. The molecule has 7 heteroatoms. The maximum atomic E-state index is 13.6. The molecular weight excluding hydrogens is 421 g/mol. The van der Waals surface area contributed by atoms with Crippen LogP contribution in [-0.2, 0) is 20.7 Å². The first-order valence-corrected chi connectivity index (χ1v) is 11.7. The Morgan fingerprint density at radius 1 is 1.15 bits per heavy atom. The fourth-order valence-electron chi connectivity index (χ4n) is 4.98. The second-order valence-corrected chi connectivity index (χ2v) is 9.39. The minimum Gasteiger partial charge on any atom is -0.375 e. The van der Waals surface area contributed by atoms with Crippen LogP contribution in [0.3, 0.4) is 0 Å². The van der Waals surface area contributed by atoms with Crippen LogP contribution in [0.25, 0.3) is 0 Å². The van der Waals surface area contributed by atoms with Gasteiger partial charge in [-0.1, -0.05) is 25.1 Å². The van der Waals surface area contributed by atoms with Crippen molar-refractivity contribution in [2.24, 2.45) is 5.41 Å². The normalized spacial score (nSPS) is 20.2. The van der Waals surface area contributed by atoms with Crippen LogP contribution in [0, 0.1) is 11.2 Å². The summed E-state index contributed by atoms with van der Waals surface area (Å²) in [4.78, 5) is 34.4. The van der Waals surface area contributed by atoms with Gasteiger partial charge in [-0.25, -0.2) is 4.39 Å². The van der Waals surface area contributed by atoms with E-state index in [1.54, 1.807) is 11.0 Å². The van der Waals surface area contributed by atoms with Gasteiger partial charge in [0, 0.05) is 44.3 Å². The van der Waals surface area contributed by atoms with Gasteiger partial charge in [0.1, 0.15) is 12.4 Å². The average Bonchev–Trinajstić information content (AvgIpc) is 3.29. The Bertz CT molecular complexity index is 1000. The van der Waals surface area contributed by atoms with Crippen LogP contribution in [0.1, 0.15) is 55.6 Å². The summed E-state index contributed by atoms with van der Waals surface area (Å²) in [6.45, 7) is 3.98. The number of hydrogen-bond acceptors (Lipinski definition) is 4. The lowest BCUT2D eigenvalue weighted by Gasteiger charge is -2.41. The van der Waals surface area contributed by atoms with Crippen LogP contribution in [0.2, 0.25) is 0 Å². The maximum Gasteiger partial charge on any atom is 0.248 e. The molecule has 3 heterocycles. The molecule has 1 atom stereocenters. The lowest BCUT2D eigenvalue weighted by Crippen LogP contribution is -2.50. The lowest BCUT2D eigenvalue weighted by atomic mass is 9.78. The van der Waals surface area contributed by atoms with Crippen molar-refractivity contribution in [3.8, 4) is 0 Å². The maximum absolute atomic E-state index is 13.6. The molecule has 2 aliphatic rings. The second-order valence-electron chi connectivity index (χ2n) is 9.39. The summed E-state index contributed by atoms with van der Waals surface area (Å²) < 4.78 is 18.5. The zero-order valence-electron chi connectivity index (χ0n) is 19.4. The summed E-state index contributed by atoms with van der Waals surface area (Å²) in [7, 11) is 1.52. The molecule has 2 aliphatic heterocycles. The fourth-order valence-corrected chi connectivity index (χ4v) is 4.98. The highest BCUT2D eigenvalue weighted by Gasteiger charge is 2.43. The Hall–Kier alpha value is -2.80. The van der Waals surface area contributed by atoms with Crippen molar-refractivity contribution in [1.29, 1.82) is 0 Å². The van der Waals surface area contributed by atoms with Crippen molar-refractivity contribution in [1.82, 2.24) is 14.8 Å². The van der Waals surface area contributed by atoms with Crippen LogP contribution in [0.4, 0.5) is 4.39 Å². The van der Waals surface area contributed by atoms with Gasteiger partial charge < -0.3 is 14.5 Å². The smallest absolute Gasteiger partial charge is 0.248 e. The van der Waals surface area contributed by atoms with Gasteiger partial charge in [0.2, 0.25) is 11.8 Å². The molecule has 2 saturated heterocycles. The van der Waals surface area contributed by atoms with Crippen LogP contribution < -0.4 is 0 Å². The summed E-state index contributed by atoms with van der Waals surface area (Å²) in [5.74, 6) is -0.119. The predicted molar refractivity (Wildman–Crippen MR) is 123 cm³/mol. The fraction of sp³-hybridized carbons (Fsp3) is 0.500. The van der Waals surface area contributed by atoms with Gasteiger partial charge in [-0.05, 0) is 55.5 Å². The molecule has 33 heavy (non-hydrogen) atoms. The molecular formula is C26H32FN3O3. The Morgan fingerprint density at radius 2 is 1.91 bits per heavy atom. The van der Waals surface area contributed by atoms with E-state index in [1.807, 2.05) is 36.1 Å². The molecule has 1 aromatic heterocycles. The molecule has 1 unspecified atom stereocenters. The monoisotopic (exact) mass is 453 g/mol. The third kappa shape index (κ3) is 5.24. The number of halogens is 1. The predicted octanol–water partition coefficient (Wildman–Crippen LogP) is 3.75. The number of amides is 2. The molecule has 0 saturated carbocycles. The first-order chi connectivity index (χ1) is 15.9. The molecule has 0 aliphatic carbocycles. The number of pyridine rings is 1. The van der Waals surface area contributed by atoms with E-state index in [0.717, 1.165) is 36.3 Å². The largest absolute Gasteiger partial charge is 0.375 e. The molecule has 2 fully saturated rings. The Morgan fingerprint density at radius 3 is 2.64 bits per heavy atom. The van der Waals surface area contributed by atoms with Crippen LogP contribution in [-0.4, -0.2) is 59.9 Å². The molecule has 4 rings (SSSR count). The SMILES string of the molecule is COCC(=O)N1CCC(C)(C(=O)N2CCCC2c2cccc(Cc3cccc(F)c3)n2)CC1. The first-order valence-electron chi connectivity index (χ1n) is 11.7. The molecule has 2 amide bonds. The van der Waals surface area contributed by atoms with Crippen molar-refractivity contribution in [2.75, 3.05) is 33.4 Å². The van der Waals surface area contributed by atoms with Gasteiger partial charge in [-0.2, -0.15) is 0 Å². The first kappa shape index (κ1) is 23.4. The molecule has 0 bridgehead atoms. The molecule has 176 valence electrons. The van der Waals surface area contributed by atoms with E-state index < -0.39 is 5.41 Å². The standard InChI is InChI=1S/C26H32FN3O3/c1-26(11-14-29(15-12-26)24(31)18-33-2)25(32)30-13-5-10-23(30)22-9-4-8-21(28-22)17-19-6-3-7-20(27)16-19/h3-4,6-9,16,23H,5,10-15,17-18H2,1-2H3. The number of piperidine rings is 1. The van der Waals surface area contributed by atoms with Gasteiger partial charge in [-0.3, -0.25) is 14.6 Å². The minimum absolute atomic E-state index is 0.0228. The van der Waals surface area contributed by atoms with Crippen LogP contribution in [0.5, 0.6) is 0 Å². The van der Waals surface area contributed by atoms with E-state index in [-0.39, 0.29) is 30.3 Å². The quantitative estimate of drug-likeness (QED) is 0.668. The molecule has 2 aromatic rings. The average molecular weight is 454 g/mol. The summed E-state index contributed by atoms with van der Waals surface area (Å²) in [6, 6.07) is 12.4. The summed E-state index contributed by atoms with van der Waals surface area (Å²) in [5.41, 5.74) is 2.16. The molecule has 1 aromatic carbocycles. The number of ether oxygens (including phenoxy) is 1. The summed E-state index contributed by atoms with van der Waals surface area (Å²) in [6.07, 6.45) is 3.68. The minimum atomic E-state index is -0.481. The van der Waals surface area contributed by atoms with E-state index in [0.29, 0.717) is 32.4 Å². The van der Waals surface area contributed by atoms with E-state index >= 15 is 0 Å². The third-order valence-electron chi connectivity index (χ3n) is 6.96. The van der Waals surface area contributed by atoms with Gasteiger partial charge >= 0.3 is 0 Å². The van der Waals surface area contributed by atoms with Crippen LogP contribution >= 0.6 is 0 Å². The van der Waals surface area contributed by atoms with Crippen molar-refractivity contribution in [2.45, 2.75) is 45.1 Å². The molecule has 0 spiro atoms. The van der Waals surface area contributed by atoms with Gasteiger partial charge in [-0.15, -0.1) is 0 Å². The van der Waals surface area contributed by atoms with Crippen molar-refractivity contribution in [3.63, 3.8) is 0 Å². The number of benzene rings is 1. The van der Waals surface area contributed by atoms with Gasteiger partial charge in [0.05, 0.1) is 11.7 Å². The molecule has 0 radical (unpaired) electrons. The van der Waals surface area contributed by atoms with Gasteiger partial charge in [0.25, 0.3) is 0 Å². The van der Waals surface area contributed by atoms with Crippen molar-refractivity contribution >= 4 is 11.8 Å². The van der Waals surface area contributed by atoms with Crippen molar-refractivity contribution in [3.05, 3.63) is 65.2 Å². The Labute approximate surface area is 194 Å². The number of carbonyl (C=O) groups excluding carboxylic acids is 2. The number of carbonyl (C=O) groups is 2. The highest BCUT2D eigenvalue weighted by Crippen LogP contribution is 2.39. The lowest BCUT2D eigenvalue weighted by molar-refractivity contribution is -0.149.